The van der Waals surface area contributed by atoms with Gasteiger partial charge in [-0.2, -0.15) is 0 Å². The van der Waals surface area contributed by atoms with Crippen LogP contribution in [0.15, 0.2) is 99.6 Å². The summed E-state index contributed by atoms with van der Waals surface area (Å²) in [5.74, 6) is 0.669. The van der Waals surface area contributed by atoms with Gasteiger partial charge in [-0.1, -0.05) is 89.1 Å². The van der Waals surface area contributed by atoms with Gasteiger partial charge in [0.05, 0.1) is 16.3 Å². The van der Waals surface area contributed by atoms with Crippen molar-refractivity contribution < 1.29 is 4.74 Å². The maximum Gasteiger partial charge on any atom is 0.271 e. The normalized spacial score (nSPS) is 16.2. The van der Waals surface area contributed by atoms with Gasteiger partial charge in [0.15, 0.2) is 4.80 Å². The monoisotopic (exact) mass is 600 g/mol. The Kier molecular flexibility index (Phi) is 6.72. The molecule has 3 heterocycles. The number of benzene rings is 3. The average Bonchev–Trinajstić information content (AvgIpc) is 3.60. The second kappa shape index (κ2) is 10.5. The van der Waals surface area contributed by atoms with Crippen LogP contribution in [0.3, 0.4) is 0 Å². The first-order valence-corrected chi connectivity index (χ1v) is 15.3. The summed E-state index contributed by atoms with van der Waals surface area (Å²) in [4.78, 5) is 21.0. The van der Waals surface area contributed by atoms with Crippen molar-refractivity contribution in [3.05, 3.63) is 147 Å². The van der Waals surface area contributed by atoms with Gasteiger partial charge in [-0.05, 0) is 59.7 Å². The first-order valence-electron chi connectivity index (χ1n) is 12.9. The van der Waals surface area contributed by atoms with Crippen LogP contribution in [0.1, 0.15) is 39.6 Å². The first-order chi connectivity index (χ1) is 19.6. The Morgan fingerprint density at radius 3 is 2.70 bits per heavy atom. The third-order valence-electron chi connectivity index (χ3n) is 7.29. The van der Waals surface area contributed by atoms with E-state index in [1.807, 2.05) is 47.0 Å². The molecule has 8 heteroatoms. The standard InChI is InChI=1S/C32H22Cl2N2O2S2/c33-22-13-11-21(25(34)17-22)18-38-26-9-4-2-7-20(26)16-28-31(37)36-30(27-10-5-15-39-27)24-14-12-19-6-1-3-8-23(19)29(24)35-32(36)40-28/h1-11,13,15-17,30H,12,14,18H2/b28-16+/t30-/m1/s1. The molecule has 0 spiro atoms. The summed E-state index contributed by atoms with van der Waals surface area (Å²) in [7, 11) is 0. The molecule has 3 aromatic carbocycles. The van der Waals surface area contributed by atoms with Crippen molar-refractivity contribution in [1.29, 1.82) is 0 Å². The van der Waals surface area contributed by atoms with E-state index >= 15 is 0 Å². The summed E-state index contributed by atoms with van der Waals surface area (Å²) in [5.41, 5.74) is 6.31. The van der Waals surface area contributed by atoms with Crippen LogP contribution in [0.5, 0.6) is 5.75 Å². The van der Waals surface area contributed by atoms with Crippen LogP contribution in [-0.4, -0.2) is 4.57 Å². The lowest BCUT2D eigenvalue weighted by Crippen LogP contribution is -2.38. The molecule has 0 fully saturated rings. The van der Waals surface area contributed by atoms with Gasteiger partial charge in [0, 0.05) is 31.6 Å². The first kappa shape index (κ1) is 25.5. The third-order valence-corrected chi connectivity index (χ3v) is 9.78. The molecular weight excluding hydrogens is 579 g/mol. The van der Waals surface area contributed by atoms with Crippen molar-refractivity contribution in [2.75, 3.05) is 0 Å². The third kappa shape index (κ3) is 4.55. The minimum absolute atomic E-state index is 0.0388. The number of nitrogens with zero attached hydrogens (tertiary/aromatic N) is 2. The summed E-state index contributed by atoms with van der Waals surface area (Å²) < 4.78 is 8.66. The zero-order valence-corrected chi connectivity index (χ0v) is 24.3. The van der Waals surface area contributed by atoms with Gasteiger partial charge >= 0.3 is 0 Å². The van der Waals surface area contributed by atoms with Crippen molar-refractivity contribution in [2.24, 2.45) is 4.99 Å². The van der Waals surface area contributed by atoms with Gasteiger partial charge in [0.2, 0.25) is 0 Å². The summed E-state index contributed by atoms with van der Waals surface area (Å²) in [6.07, 6.45) is 3.73. The smallest absolute Gasteiger partial charge is 0.271 e. The highest BCUT2D eigenvalue weighted by atomic mass is 35.5. The lowest BCUT2D eigenvalue weighted by Gasteiger charge is -2.30. The zero-order valence-electron chi connectivity index (χ0n) is 21.1. The number of para-hydroxylation sites is 1. The Labute approximate surface area is 248 Å². The minimum Gasteiger partial charge on any atom is -0.488 e. The lowest BCUT2D eigenvalue weighted by molar-refractivity contribution is 0.305. The zero-order chi connectivity index (χ0) is 27.2. The predicted octanol–water partition coefficient (Wildman–Crippen LogP) is 7.27. The molecule has 198 valence electrons. The number of hydrogen-bond acceptors (Lipinski definition) is 5. The number of allylic oxidation sites excluding steroid dienone is 1. The Morgan fingerprint density at radius 2 is 1.85 bits per heavy atom. The number of rotatable bonds is 5. The second-order valence-electron chi connectivity index (χ2n) is 9.69. The molecule has 5 aromatic rings. The molecule has 0 radical (unpaired) electrons. The molecule has 1 aliphatic carbocycles. The fourth-order valence-electron chi connectivity index (χ4n) is 5.38. The Balaban J connectivity index is 1.33. The van der Waals surface area contributed by atoms with E-state index in [4.69, 9.17) is 32.9 Å². The van der Waals surface area contributed by atoms with E-state index in [1.54, 1.807) is 23.5 Å². The summed E-state index contributed by atoms with van der Waals surface area (Å²) >= 11 is 15.5. The van der Waals surface area contributed by atoms with Crippen molar-refractivity contribution in [1.82, 2.24) is 4.57 Å². The van der Waals surface area contributed by atoms with E-state index in [-0.39, 0.29) is 18.2 Å². The van der Waals surface area contributed by atoms with E-state index in [1.165, 1.54) is 28.0 Å². The minimum atomic E-state index is -0.153. The van der Waals surface area contributed by atoms with Crippen LogP contribution in [-0.2, 0) is 13.0 Å². The quantitative estimate of drug-likeness (QED) is 0.213. The number of thiazole rings is 1. The van der Waals surface area contributed by atoms with Crippen molar-refractivity contribution in [3.63, 3.8) is 0 Å². The lowest BCUT2D eigenvalue weighted by atomic mass is 9.85. The van der Waals surface area contributed by atoms with E-state index in [9.17, 15) is 4.79 Å². The maximum absolute atomic E-state index is 14.0. The molecule has 1 atom stereocenters. The Bertz CT molecular complexity index is 1970. The number of aromatic nitrogens is 1. The molecule has 0 saturated heterocycles. The molecule has 0 N–H and O–H groups in total. The van der Waals surface area contributed by atoms with Gasteiger partial charge in [-0.25, -0.2) is 4.99 Å². The topological polar surface area (TPSA) is 43.6 Å². The van der Waals surface area contributed by atoms with Gasteiger partial charge in [0.25, 0.3) is 5.56 Å². The van der Waals surface area contributed by atoms with Crippen LogP contribution in [0.25, 0.3) is 11.8 Å². The highest BCUT2D eigenvalue weighted by Crippen LogP contribution is 2.42. The largest absolute Gasteiger partial charge is 0.488 e. The fraction of sp³-hybridized carbons (Fsp3) is 0.125. The van der Waals surface area contributed by atoms with Crippen LogP contribution < -0.4 is 19.6 Å². The van der Waals surface area contributed by atoms with Crippen LogP contribution in [0, 0.1) is 0 Å². The highest BCUT2D eigenvalue weighted by molar-refractivity contribution is 7.10. The van der Waals surface area contributed by atoms with Gasteiger partial charge in [0.1, 0.15) is 12.4 Å². The molecule has 0 saturated carbocycles. The van der Waals surface area contributed by atoms with Crippen molar-refractivity contribution in [2.45, 2.75) is 25.5 Å². The number of ether oxygens (including phenoxy) is 1. The molecule has 2 aromatic heterocycles. The fourth-order valence-corrected chi connectivity index (χ4v) is 7.69. The van der Waals surface area contributed by atoms with E-state index in [2.05, 4.69) is 35.7 Å². The number of fused-ring (bicyclic) bond motifs is 3. The molecule has 0 amide bonds. The van der Waals surface area contributed by atoms with Crippen LogP contribution >= 0.6 is 45.9 Å². The van der Waals surface area contributed by atoms with E-state index in [0.29, 0.717) is 20.3 Å². The van der Waals surface area contributed by atoms with E-state index < -0.39 is 0 Å². The van der Waals surface area contributed by atoms with Crippen LogP contribution in [0.4, 0.5) is 0 Å². The Morgan fingerprint density at radius 1 is 1.00 bits per heavy atom. The second-order valence-corrected chi connectivity index (χ2v) is 12.5. The van der Waals surface area contributed by atoms with Crippen LogP contribution in [0.2, 0.25) is 10.0 Å². The van der Waals surface area contributed by atoms with Crippen molar-refractivity contribution in [3.8, 4) is 5.75 Å². The van der Waals surface area contributed by atoms with E-state index in [0.717, 1.165) is 39.3 Å². The maximum atomic E-state index is 14.0. The summed E-state index contributed by atoms with van der Waals surface area (Å²) in [5, 5.41) is 3.20. The summed E-state index contributed by atoms with van der Waals surface area (Å²) in [6, 6.07) is 25.5. The SMILES string of the molecule is O=c1/c(=C\c2ccccc2OCc2ccc(Cl)cc2Cl)sc2n1[C@@H](c1cccs1)C1=C(N=2)c2ccccc2CC1. The molecule has 0 bridgehead atoms. The molecular formula is C32H22Cl2N2O2S2. The average molecular weight is 602 g/mol. The predicted molar refractivity (Wildman–Crippen MR) is 164 cm³/mol. The van der Waals surface area contributed by atoms with Crippen molar-refractivity contribution >= 4 is 57.6 Å². The van der Waals surface area contributed by atoms with Gasteiger partial charge in [-0.15, -0.1) is 11.3 Å². The molecule has 1 aliphatic heterocycles. The summed E-state index contributed by atoms with van der Waals surface area (Å²) in [6.45, 7) is 0.284. The Hall–Kier alpha value is -3.42. The highest BCUT2D eigenvalue weighted by Gasteiger charge is 2.33. The molecule has 7 rings (SSSR count). The molecule has 0 unspecified atom stereocenters. The molecule has 2 aliphatic rings. The molecule has 40 heavy (non-hydrogen) atoms. The number of halogens is 2. The van der Waals surface area contributed by atoms with Gasteiger partial charge < -0.3 is 4.74 Å². The number of hydrogen-bond donors (Lipinski definition) is 0. The van der Waals surface area contributed by atoms with Gasteiger partial charge in [-0.3, -0.25) is 9.36 Å². The number of aryl methyl sites for hydroxylation is 1. The molecule has 4 nitrogen and oxygen atoms in total. The number of thiophene rings is 1.